The van der Waals surface area contributed by atoms with Crippen molar-refractivity contribution in [3.63, 3.8) is 0 Å². The molecule has 19 heavy (non-hydrogen) atoms. The second-order valence-corrected chi connectivity index (χ2v) is 4.28. The Hall–Kier alpha value is -1.95. The molecular formula is C13H19N5O. The Balaban J connectivity index is 1.97. The Kier molecular flexibility index (Phi) is 4.85. The Morgan fingerprint density at radius 1 is 1.37 bits per heavy atom. The Morgan fingerprint density at radius 2 is 2.26 bits per heavy atom. The van der Waals surface area contributed by atoms with E-state index in [-0.39, 0.29) is 0 Å². The molecule has 2 aromatic rings. The molecule has 0 spiro atoms. The maximum Gasteiger partial charge on any atom is 0.189 e. The highest BCUT2D eigenvalue weighted by molar-refractivity contribution is 5.28. The zero-order valence-corrected chi connectivity index (χ0v) is 11.3. The summed E-state index contributed by atoms with van der Waals surface area (Å²) < 4.78 is 7.51. The van der Waals surface area contributed by atoms with E-state index in [2.05, 4.69) is 33.8 Å². The summed E-state index contributed by atoms with van der Waals surface area (Å²) >= 11 is 0. The van der Waals surface area contributed by atoms with Gasteiger partial charge in [0.1, 0.15) is 12.4 Å². The molecule has 0 unspecified atom stereocenters. The highest BCUT2D eigenvalue weighted by Gasteiger charge is 2.06. The van der Waals surface area contributed by atoms with E-state index in [1.54, 1.807) is 4.68 Å². The van der Waals surface area contributed by atoms with E-state index >= 15 is 0 Å². The predicted molar refractivity (Wildman–Crippen MR) is 71.6 cm³/mol. The predicted octanol–water partition coefficient (Wildman–Crippen LogP) is 1.38. The van der Waals surface area contributed by atoms with Crippen LogP contribution in [0.2, 0.25) is 0 Å². The second-order valence-electron chi connectivity index (χ2n) is 4.28. The summed E-state index contributed by atoms with van der Waals surface area (Å²) in [5.74, 6) is 1.58. The number of nitrogens with one attached hydrogen (secondary N) is 1. The van der Waals surface area contributed by atoms with Gasteiger partial charge in [0.2, 0.25) is 0 Å². The molecule has 0 aliphatic heterocycles. The summed E-state index contributed by atoms with van der Waals surface area (Å²) in [7, 11) is 1.92. The average Bonchev–Trinajstić information content (AvgIpc) is 2.85. The SMILES string of the molecule is CCCn1nnnc1COc1cccc(CNC)c1. The average molecular weight is 261 g/mol. The van der Waals surface area contributed by atoms with Gasteiger partial charge < -0.3 is 10.1 Å². The van der Waals surface area contributed by atoms with Crippen molar-refractivity contribution in [2.75, 3.05) is 7.05 Å². The number of benzene rings is 1. The van der Waals surface area contributed by atoms with Crippen LogP contribution in [0.3, 0.4) is 0 Å². The van der Waals surface area contributed by atoms with E-state index < -0.39 is 0 Å². The molecule has 0 fully saturated rings. The number of tetrazole rings is 1. The first-order valence-electron chi connectivity index (χ1n) is 6.45. The summed E-state index contributed by atoms with van der Waals surface area (Å²) in [5.41, 5.74) is 1.19. The van der Waals surface area contributed by atoms with E-state index in [4.69, 9.17) is 4.74 Å². The van der Waals surface area contributed by atoms with E-state index in [1.165, 1.54) is 5.56 Å². The molecule has 0 amide bonds. The summed E-state index contributed by atoms with van der Waals surface area (Å²) in [6, 6.07) is 8.00. The first-order valence-corrected chi connectivity index (χ1v) is 6.45. The van der Waals surface area contributed by atoms with Gasteiger partial charge in [0.15, 0.2) is 5.82 Å². The number of aryl methyl sites for hydroxylation is 1. The Morgan fingerprint density at radius 3 is 3.05 bits per heavy atom. The zero-order chi connectivity index (χ0) is 13.5. The van der Waals surface area contributed by atoms with Crippen molar-refractivity contribution in [1.82, 2.24) is 25.5 Å². The summed E-state index contributed by atoms with van der Waals surface area (Å²) in [5, 5.41) is 14.7. The van der Waals surface area contributed by atoms with Crippen molar-refractivity contribution in [3.05, 3.63) is 35.7 Å². The lowest BCUT2D eigenvalue weighted by atomic mass is 10.2. The monoisotopic (exact) mass is 261 g/mol. The number of aromatic nitrogens is 4. The fraction of sp³-hybridized carbons (Fsp3) is 0.462. The van der Waals surface area contributed by atoms with Gasteiger partial charge >= 0.3 is 0 Å². The molecule has 2 rings (SSSR count). The van der Waals surface area contributed by atoms with Crippen LogP contribution in [0.1, 0.15) is 24.7 Å². The van der Waals surface area contributed by atoms with Crippen molar-refractivity contribution in [1.29, 1.82) is 0 Å². The molecule has 0 aliphatic rings. The normalized spacial score (nSPS) is 10.6. The van der Waals surface area contributed by atoms with Gasteiger partial charge in [-0.15, -0.1) is 5.10 Å². The van der Waals surface area contributed by atoms with Crippen LogP contribution >= 0.6 is 0 Å². The molecular weight excluding hydrogens is 242 g/mol. The topological polar surface area (TPSA) is 64.9 Å². The molecule has 0 saturated heterocycles. The van der Waals surface area contributed by atoms with E-state index in [0.717, 1.165) is 31.1 Å². The minimum atomic E-state index is 0.385. The molecule has 1 aromatic heterocycles. The van der Waals surface area contributed by atoms with E-state index in [9.17, 15) is 0 Å². The molecule has 102 valence electrons. The quantitative estimate of drug-likeness (QED) is 0.815. The highest BCUT2D eigenvalue weighted by Crippen LogP contribution is 2.14. The van der Waals surface area contributed by atoms with Crippen molar-refractivity contribution in [2.45, 2.75) is 33.0 Å². The van der Waals surface area contributed by atoms with E-state index in [0.29, 0.717) is 6.61 Å². The molecule has 6 nitrogen and oxygen atoms in total. The molecule has 6 heteroatoms. The Labute approximate surface area is 112 Å². The van der Waals surface area contributed by atoms with Gasteiger partial charge in [-0.25, -0.2) is 4.68 Å². The third-order valence-electron chi connectivity index (χ3n) is 2.69. The lowest BCUT2D eigenvalue weighted by Crippen LogP contribution is -2.09. The van der Waals surface area contributed by atoms with Crippen molar-refractivity contribution >= 4 is 0 Å². The number of rotatable bonds is 7. The largest absolute Gasteiger partial charge is 0.486 e. The first-order chi connectivity index (χ1) is 9.33. The van der Waals surface area contributed by atoms with Crippen LogP contribution in [0.15, 0.2) is 24.3 Å². The molecule has 1 aromatic carbocycles. The van der Waals surface area contributed by atoms with Gasteiger partial charge in [0.05, 0.1) is 0 Å². The summed E-state index contributed by atoms with van der Waals surface area (Å²) in [6.45, 7) is 4.11. The number of nitrogens with zero attached hydrogens (tertiary/aromatic N) is 4. The van der Waals surface area contributed by atoms with Crippen molar-refractivity contribution < 1.29 is 4.74 Å². The zero-order valence-electron chi connectivity index (χ0n) is 11.3. The third-order valence-corrected chi connectivity index (χ3v) is 2.69. The van der Waals surface area contributed by atoms with Gasteiger partial charge in [0, 0.05) is 13.1 Å². The smallest absolute Gasteiger partial charge is 0.189 e. The van der Waals surface area contributed by atoms with Crippen molar-refractivity contribution in [3.8, 4) is 5.75 Å². The molecule has 0 radical (unpaired) electrons. The number of hydrogen-bond acceptors (Lipinski definition) is 5. The van der Waals surface area contributed by atoms with Gasteiger partial charge in [-0.1, -0.05) is 19.1 Å². The van der Waals surface area contributed by atoms with Gasteiger partial charge in [-0.2, -0.15) is 0 Å². The third kappa shape index (κ3) is 3.75. The summed E-state index contributed by atoms with van der Waals surface area (Å²) in [4.78, 5) is 0. The van der Waals surface area contributed by atoms with Crippen LogP contribution in [0.4, 0.5) is 0 Å². The maximum absolute atomic E-state index is 5.73. The molecule has 0 bridgehead atoms. The molecule has 0 atom stereocenters. The second kappa shape index (κ2) is 6.84. The lowest BCUT2D eigenvalue weighted by Gasteiger charge is -2.08. The Bertz CT molecular complexity index is 511. The molecule has 0 saturated carbocycles. The van der Waals surface area contributed by atoms with Crippen LogP contribution in [-0.4, -0.2) is 27.3 Å². The maximum atomic E-state index is 5.73. The standard InChI is InChI=1S/C13H19N5O/c1-3-7-18-13(15-16-17-18)10-19-12-6-4-5-11(8-12)9-14-2/h4-6,8,14H,3,7,9-10H2,1-2H3. The highest BCUT2D eigenvalue weighted by atomic mass is 16.5. The van der Waals surface area contributed by atoms with Gasteiger partial charge in [-0.05, 0) is 41.6 Å². The minimum absolute atomic E-state index is 0.385. The summed E-state index contributed by atoms with van der Waals surface area (Å²) in [6.07, 6.45) is 0.996. The van der Waals surface area contributed by atoms with E-state index in [1.807, 2.05) is 25.2 Å². The lowest BCUT2D eigenvalue weighted by molar-refractivity contribution is 0.286. The van der Waals surface area contributed by atoms with Crippen LogP contribution in [0.5, 0.6) is 5.75 Å². The van der Waals surface area contributed by atoms with Gasteiger partial charge in [-0.3, -0.25) is 0 Å². The fourth-order valence-corrected chi connectivity index (χ4v) is 1.81. The van der Waals surface area contributed by atoms with Crippen LogP contribution in [0.25, 0.3) is 0 Å². The van der Waals surface area contributed by atoms with Crippen LogP contribution < -0.4 is 10.1 Å². The van der Waals surface area contributed by atoms with Crippen LogP contribution in [0, 0.1) is 0 Å². The molecule has 1 heterocycles. The van der Waals surface area contributed by atoms with Crippen LogP contribution in [-0.2, 0) is 19.7 Å². The molecule has 1 N–H and O–H groups in total. The van der Waals surface area contributed by atoms with Gasteiger partial charge in [0.25, 0.3) is 0 Å². The number of hydrogen-bond donors (Lipinski definition) is 1. The minimum Gasteiger partial charge on any atom is -0.486 e. The fourth-order valence-electron chi connectivity index (χ4n) is 1.81. The first kappa shape index (κ1) is 13.5. The molecule has 0 aliphatic carbocycles. The number of ether oxygens (including phenoxy) is 1. The van der Waals surface area contributed by atoms with Crippen molar-refractivity contribution in [2.24, 2.45) is 0 Å².